The first kappa shape index (κ1) is 20.4. The predicted octanol–water partition coefficient (Wildman–Crippen LogP) is 4.56. The fourth-order valence-electron chi connectivity index (χ4n) is 3.05. The van der Waals surface area contributed by atoms with E-state index in [1.165, 1.54) is 5.56 Å². The maximum atomic E-state index is 9.57. The highest BCUT2D eigenvalue weighted by Gasteiger charge is 2.51. The van der Waals surface area contributed by atoms with E-state index in [4.69, 9.17) is 14.0 Å². The second kappa shape index (κ2) is 7.62. The summed E-state index contributed by atoms with van der Waals surface area (Å²) in [4.78, 5) is 0. The molecule has 0 bridgehead atoms. The van der Waals surface area contributed by atoms with Crippen molar-refractivity contribution < 1.29 is 14.0 Å². The van der Waals surface area contributed by atoms with Crippen LogP contribution in [0.5, 0.6) is 5.75 Å². The van der Waals surface area contributed by atoms with Crippen LogP contribution in [0.3, 0.4) is 0 Å². The lowest BCUT2D eigenvalue weighted by Crippen LogP contribution is -2.41. The van der Waals surface area contributed by atoms with Gasteiger partial charge in [-0.15, -0.1) is 0 Å². The molecule has 0 aromatic heterocycles. The molecule has 2 aromatic carbocycles. The highest BCUT2D eigenvalue weighted by Crippen LogP contribution is 2.36. The Balaban J connectivity index is 1.73. The minimum atomic E-state index is -0.491. The molecule has 0 atom stereocenters. The summed E-state index contributed by atoms with van der Waals surface area (Å²) in [5.41, 5.74) is 2.84. The molecule has 1 saturated heterocycles. The van der Waals surface area contributed by atoms with Crippen LogP contribution in [0.2, 0.25) is 0 Å². The SMILES string of the molecule is CC(C)c1ccc(COc2ccc(B3OC(C)(C)C(C)(C)O3)cc2C#N)cc1. The van der Waals surface area contributed by atoms with Crippen LogP contribution >= 0.6 is 0 Å². The van der Waals surface area contributed by atoms with Crippen molar-refractivity contribution in [1.29, 1.82) is 5.26 Å². The zero-order valence-electron chi connectivity index (χ0n) is 17.6. The lowest BCUT2D eigenvalue weighted by atomic mass is 9.78. The van der Waals surface area contributed by atoms with E-state index in [2.05, 4.69) is 44.2 Å². The monoisotopic (exact) mass is 377 g/mol. The molecule has 1 aliphatic rings. The molecule has 146 valence electrons. The first-order valence-corrected chi connectivity index (χ1v) is 9.74. The van der Waals surface area contributed by atoms with Crippen LogP contribution < -0.4 is 10.2 Å². The number of benzene rings is 2. The number of ether oxygens (including phenoxy) is 1. The van der Waals surface area contributed by atoms with Crippen molar-refractivity contribution in [1.82, 2.24) is 0 Å². The van der Waals surface area contributed by atoms with Gasteiger partial charge in [-0.05, 0) is 62.3 Å². The Kier molecular flexibility index (Phi) is 5.56. The number of nitrogens with zero attached hydrogens (tertiary/aromatic N) is 1. The van der Waals surface area contributed by atoms with Crippen molar-refractivity contribution in [2.24, 2.45) is 0 Å². The summed E-state index contributed by atoms with van der Waals surface area (Å²) in [6.07, 6.45) is 0. The summed E-state index contributed by atoms with van der Waals surface area (Å²) in [5.74, 6) is 1.07. The lowest BCUT2D eigenvalue weighted by Gasteiger charge is -2.32. The summed E-state index contributed by atoms with van der Waals surface area (Å²) in [7, 11) is -0.491. The molecular formula is C23H28BNO3. The van der Waals surface area contributed by atoms with Crippen molar-refractivity contribution in [3.05, 3.63) is 59.2 Å². The Morgan fingerprint density at radius 1 is 1.00 bits per heavy atom. The van der Waals surface area contributed by atoms with Crippen LogP contribution in [0.25, 0.3) is 0 Å². The van der Waals surface area contributed by atoms with Crippen LogP contribution in [-0.4, -0.2) is 18.3 Å². The van der Waals surface area contributed by atoms with Gasteiger partial charge in [-0.3, -0.25) is 0 Å². The van der Waals surface area contributed by atoms with E-state index in [9.17, 15) is 5.26 Å². The van der Waals surface area contributed by atoms with Gasteiger partial charge in [-0.2, -0.15) is 5.26 Å². The predicted molar refractivity (Wildman–Crippen MR) is 112 cm³/mol. The minimum absolute atomic E-state index is 0.415. The molecule has 28 heavy (non-hydrogen) atoms. The quantitative estimate of drug-likeness (QED) is 0.717. The van der Waals surface area contributed by atoms with Gasteiger partial charge in [0.15, 0.2) is 0 Å². The minimum Gasteiger partial charge on any atom is -0.488 e. The van der Waals surface area contributed by atoms with Crippen LogP contribution in [0.15, 0.2) is 42.5 Å². The number of hydrogen-bond donors (Lipinski definition) is 0. The molecule has 0 saturated carbocycles. The largest absolute Gasteiger partial charge is 0.494 e. The molecule has 0 amide bonds. The van der Waals surface area contributed by atoms with Gasteiger partial charge in [-0.1, -0.05) is 44.2 Å². The van der Waals surface area contributed by atoms with Crippen molar-refractivity contribution in [2.45, 2.75) is 65.3 Å². The van der Waals surface area contributed by atoms with E-state index in [0.717, 1.165) is 11.0 Å². The Labute approximate surface area is 168 Å². The number of rotatable bonds is 5. The van der Waals surface area contributed by atoms with Gasteiger partial charge >= 0.3 is 7.12 Å². The van der Waals surface area contributed by atoms with Crippen LogP contribution in [0.1, 0.15) is 64.2 Å². The first-order chi connectivity index (χ1) is 13.1. The second-order valence-electron chi connectivity index (χ2n) is 8.64. The zero-order valence-corrected chi connectivity index (χ0v) is 17.6. The van der Waals surface area contributed by atoms with Crippen molar-refractivity contribution in [2.75, 3.05) is 0 Å². The van der Waals surface area contributed by atoms with Gasteiger partial charge in [0.25, 0.3) is 0 Å². The van der Waals surface area contributed by atoms with Crippen molar-refractivity contribution in [3.63, 3.8) is 0 Å². The molecule has 0 spiro atoms. The molecule has 0 radical (unpaired) electrons. The Bertz CT molecular complexity index is 866. The van der Waals surface area contributed by atoms with Crippen LogP contribution in [0.4, 0.5) is 0 Å². The standard InChI is InChI=1S/C23H28BNO3/c1-16(2)18-9-7-17(8-10-18)15-26-21-12-11-20(13-19(21)14-25)24-27-22(3,4)23(5,6)28-24/h7-13,16H,15H2,1-6H3. The van der Waals surface area contributed by atoms with E-state index >= 15 is 0 Å². The van der Waals surface area contributed by atoms with Crippen LogP contribution in [0, 0.1) is 11.3 Å². The van der Waals surface area contributed by atoms with Crippen molar-refractivity contribution in [3.8, 4) is 11.8 Å². The van der Waals surface area contributed by atoms with Crippen LogP contribution in [-0.2, 0) is 15.9 Å². The second-order valence-corrected chi connectivity index (χ2v) is 8.64. The molecule has 1 fully saturated rings. The van der Waals surface area contributed by atoms with Gasteiger partial charge in [0, 0.05) is 0 Å². The molecule has 0 N–H and O–H groups in total. The summed E-state index contributed by atoms with van der Waals surface area (Å²) in [6.45, 7) is 12.8. The average molecular weight is 377 g/mol. The molecule has 0 unspecified atom stereocenters. The molecule has 4 nitrogen and oxygen atoms in total. The topological polar surface area (TPSA) is 51.5 Å². The fourth-order valence-corrected chi connectivity index (χ4v) is 3.05. The normalized spacial score (nSPS) is 17.6. The summed E-state index contributed by atoms with van der Waals surface area (Å²) in [6, 6.07) is 16.1. The highest BCUT2D eigenvalue weighted by molar-refractivity contribution is 6.62. The van der Waals surface area contributed by atoms with Gasteiger partial charge < -0.3 is 14.0 Å². The van der Waals surface area contributed by atoms with E-state index in [-0.39, 0.29) is 0 Å². The molecule has 1 aliphatic heterocycles. The van der Waals surface area contributed by atoms with Gasteiger partial charge in [0.2, 0.25) is 0 Å². The van der Waals surface area contributed by atoms with E-state index < -0.39 is 18.3 Å². The summed E-state index contributed by atoms with van der Waals surface area (Å²) >= 11 is 0. The van der Waals surface area contributed by atoms with Gasteiger partial charge in [0.1, 0.15) is 18.4 Å². The highest BCUT2D eigenvalue weighted by atomic mass is 16.7. The van der Waals surface area contributed by atoms with E-state index in [1.807, 2.05) is 39.8 Å². The third kappa shape index (κ3) is 4.09. The molecule has 5 heteroatoms. The molecule has 3 rings (SSSR count). The lowest BCUT2D eigenvalue weighted by molar-refractivity contribution is 0.00578. The Morgan fingerprint density at radius 3 is 2.14 bits per heavy atom. The summed E-state index contributed by atoms with van der Waals surface area (Å²) in [5, 5.41) is 9.57. The third-order valence-electron chi connectivity index (χ3n) is 5.69. The van der Waals surface area contributed by atoms with Gasteiger partial charge in [-0.25, -0.2) is 0 Å². The average Bonchev–Trinajstić information content (AvgIpc) is 2.87. The molecule has 2 aromatic rings. The molecule has 0 aliphatic carbocycles. The zero-order chi connectivity index (χ0) is 20.5. The maximum Gasteiger partial charge on any atom is 0.494 e. The third-order valence-corrected chi connectivity index (χ3v) is 5.69. The number of nitriles is 1. The number of hydrogen-bond acceptors (Lipinski definition) is 4. The smallest absolute Gasteiger partial charge is 0.488 e. The van der Waals surface area contributed by atoms with E-state index in [0.29, 0.717) is 23.8 Å². The van der Waals surface area contributed by atoms with Crippen molar-refractivity contribution >= 4 is 12.6 Å². The summed E-state index contributed by atoms with van der Waals surface area (Å²) < 4.78 is 18.1. The first-order valence-electron chi connectivity index (χ1n) is 9.74. The van der Waals surface area contributed by atoms with Gasteiger partial charge in [0.05, 0.1) is 16.8 Å². The maximum absolute atomic E-state index is 9.57. The molecule has 1 heterocycles. The Hall–Kier alpha value is -2.29. The Morgan fingerprint density at radius 2 is 1.61 bits per heavy atom. The molecular weight excluding hydrogens is 349 g/mol. The van der Waals surface area contributed by atoms with E-state index in [1.54, 1.807) is 6.07 Å². The fraction of sp³-hybridized carbons (Fsp3) is 0.435.